The molecule has 2 aliphatic heterocycles. The normalized spacial score (nSPS) is 31.1. The van der Waals surface area contributed by atoms with E-state index in [0.29, 0.717) is 5.54 Å². The standard InChI is InChI=1S/C15H28N2/c1-2-7-15(8-3-1)9-4-12-17(15)13-14-5-10-16-11-6-14/h14,16H,1-13H2. The van der Waals surface area contributed by atoms with Crippen LogP contribution >= 0.6 is 0 Å². The molecule has 3 fully saturated rings. The van der Waals surface area contributed by atoms with Crippen molar-refractivity contribution in [2.24, 2.45) is 5.92 Å². The minimum absolute atomic E-state index is 0.656. The number of nitrogens with zero attached hydrogens (tertiary/aromatic N) is 1. The second-order valence-corrected chi connectivity index (χ2v) is 6.53. The van der Waals surface area contributed by atoms with Gasteiger partial charge in [-0.05, 0) is 64.1 Å². The van der Waals surface area contributed by atoms with Crippen LogP contribution in [-0.4, -0.2) is 36.6 Å². The van der Waals surface area contributed by atoms with E-state index in [-0.39, 0.29) is 0 Å². The third kappa shape index (κ3) is 2.53. The highest BCUT2D eigenvalue weighted by Crippen LogP contribution is 2.42. The van der Waals surface area contributed by atoms with Crippen LogP contribution in [0.15, 0.2) is 0 Å². The van der Waals surface area contributed by atoms with Gasteiger partial charge in [-0.25, -0.2) is 0 Å². The summed E-state index contributed by atoms with van der Waals surface area (Å²) in [6.45, 7) is 5.31. The summed E-state index contributed by atoms with van der Waals surface area (Å²) < 4.78 is 0. The van der Waals surface area contributed by atoms with Crippen molar-refractivity contribution < 1.29 is 0 Å². The van der Waals surface area contributed by atoms with Gasteiger partial charge in [0.15, 0.2) is 0 Å². The first kappa shape index (κ1) is 12.0. The lowest BCUT2D eigenvalue weighted by atomic mass is 9.79. The van der Waals surface area contributed by atoms with Crippen molar-refractivity contribution in [3.63, 3.8) is 0 Å². The van der Waals surface area contributed by atoms with Gasteiger partial charge in [-0.1, -0.05) is 19.3 Å². The predicted octanol–water partition coefficient (Wildman–Crippen LogP) is 2.78. The van der Waals surface area contributed by atoms with E-state index in [1.165, 1.54) is 84.0 Å². The first-order chi connectivity index (χ1) is 8.39. The lowest BCUT2D eigenvalue weighted by Crippen LogP contribution is -2.48. The lowest BCUT2D eigenvalue weighted by Gasteiger charge is -2.43. The Morgan fingerprint density at radius 1 is 0.941 bits per heavy atom. The van der Waals surface area contributed by atoms with Crippen molar-refractivity contribution >= 4 is 0 Å². The van der Waals surface area contributed by atoms with Crippen LogP contribution < -0.4 is 5.32 Å². The summed E-state index contributed by atoms with van der Waals surface area (Å²) in [6.07, 6.45) is 13.2. The molecule has 98 valence electrons. The molecule has 3 aliphatic rings. The van der Waals surface area contributed by atoms with Crippen LogP contribution in [0.3, 0.4) is 0 Å². The Labute approximate surface area is 106 Å². The quantitative estimate of drug-likeness (QED) is 0.793. The number of likely N-dealkylation sites (tertiary alicyclic amines) is 1. The van der Waals surface area contributed by atoms with Crippen LogP contribution in [0.25, 0.3) is 0 Å². The lowest BCUT2D eigenvalue weighted by molar-refractivity contribution is 0.0710. The number of hydrogen-bond acceptors (Lipinski definition) is 2. The third-order valence-electron chi connectivity index (χ3n) is 5.46. The zero-order valence-electron chi connectivity index (χ0n) is 11.2. The Morgan fingerprint density at radius 2 is 1.65 bits per heavy atom. The van der Waals surface area contributed by atoms with Crippen molar-refractivity contribution in [2.75, 3.05) is 26.2 Å². The van der Waals surface area contributed by atoms with Gasteiger partial charge in [-0.15, -0.1) is 0 Å². The molecule has 0 bridgehead atoms. The summed E-state index contributed by atoms with van der Waals surface area (Å²) in [6, 6.07) is 0. The maximum Gasteiger partial charge on any atom is 0.0210 e. The van der Waals surface area contributed by atoms with E-state index in [4.69, 9.17) is 0 Å². The van der Waals surface area contributed by atoms with Gasteiger partial charge in [0.1, 0.15) is 0 Å². The Balaban J connectivity index is 1.60. The number of hydrogen-bond donors (Lipinski definition) is 1. The zero-order chi connectivity index (χ0) is 11.6. The third-order valence-corrected chi connectivity index (χ3v) is 5.46. The minimum atomic E-state index is 0.656. The molecule has 1 N–H and O–H groups in total. The highest BCUT2D eigenvalue weighted by Gasteiger charge is 2.41. The minimum Gasteiger partial charge on any atom is -0.317 e. The summed E-state index contributed by atoms with van der Waals surface area (Å²) in [7, 11) is 0. The fourth-order valence-electron chi connectivity index (χ4n) is 4.43. The highest BCUT2D eigenvalue weighted by molar-refractivity contribution is 4.98. The van der Waals surface area contributed by atoms with Gasteiger partial charge >= 0.3 is 0 Å². The van der Waals surface area contributed by atoms with Crippen molar-refractivity contribution in [1.29, 1.82) is 0 Å². The van der Waals surface area contributed by atoms with Gasteiger partial charge in [0.25, 0.3) is 0 Å². The molecule has 2 heterocycles. The van der Waals surface area contributed by atoms with E-state index in [0.717, 1.165) is 5.92 Å². The molecule has 0 radical (unpaired) electrons. The van der Waals surface area contributed by atoms with Crippen molar-refractivity contribution in [1.82, 2.24) is 10.2 Å². The van der Waals surface area contributed by atoms with Crippen LogP contribution in [0.1, 0.15) is 57.8 Å². The van der Waals surface area contributed by atoms with Gasteiger partial charge in [0.05, 0.1) is 0 Å². The van der Waals surface area contributed by atoms with E-state index in [2.05, 4.69) is 10.2 Å². The topological polar surface area (TPSA) is 15.3 Å². The molecule has 0 aromatic rings. The smallest absolute Gasteiger partial charge is 0.0210 e. The SMILES string of the molecule is C1CCC2(CC1)CCCN2CC1CCNCC1. The summed E-state index contributed by atoms with van der Waals surface area (Å²) in [5.41, 5.74) is 0.656. The van der Waals surface area contributed by atoms with Crippen LogP contribution in [0.5, 0.6) is 0 Å². The Kier molecular flexibility index (Phi) is 3.72. The van der Waals surface area contributed by atoms with Gasteiger partial charge in [0.2, 0.25) is 0 Å². The molecule has 3 rings (SSSR count). The number of rotatable bonds is 2. The van der Waals surface area contributed by atoms with Gasteiger partial charge < -0.3 is 5.32 Å². The summed E-state index contributed by atoms with van der Waals surface area (Å²) in [5.74, 6) is 0.980. The fraction of sp³-hybridized carbons (Fsp3) is 1.00. The van der Waals surface area contributed by atoms with Gasteiger partial charge in [-0.2, -0.15) is 0 Å². The first-order valence-electron chi connectivity index (χ1n) is 7.85. The van der Waals surface area contributed by atoms with E-state index < -0.39 is 0 Å². The number of nitrogens with one attached hydrogen (secondary N) is 1. The molecule has 1 aliphatic carbocycles. The highest BCUT2D eigenvalue weighted by atomic mass is 15.2. The molecule has 0 aromatic heterocycles. The second-order valence-electron chi connectivity index (χ2n) is 6.53. The molecule has 17 heavy (non-hydrogen) atoms. The molecule has 0 unspecified atom stereocenters. The monoisotopic (exact) mass is 236 g/mol. The van der Waals surface area contributed by atoms with Crippen LogP contribution in [0.2, 0.25) is 0 Å². The second kappa shape index (κ2) is 5.27. The first-order valence-corrected chi connectivity index (χ1v) is 7.85. The molecule has 0 amide bonds. The summed E-state index contributed by atoms with van der Waals surface area (Å²) in [5, 5.41) is 3.49. The van der Waals surface area contributed by atoms with Crippen molar-refractivity contribution in [3.05, 3.63) is 0 Å². The largest absolute Gasteiger partial charge is 0.317 e. The van der Waals surface area contributed by atoms with Crippen LogP contribution in [0.4, 0.5) is 0 Å². The van der Waals surface area contributed by atoms with Gasteiger partial charge in [0, 0.05) is 12.1 Å². The Hall–Kier alpha value is -0.0800. The molecular weight excluding hydrogens is 208 g/mol. The van der Waals surface area contributed by atoms with E-state index in [1.54, 1.807) is 0 Å². The molecule has 2 saturated heterocycles. The van der Waals surface area contributed by atoms with E-state index >= 15 is 0 Å². The van der Waals surface area contributed by atoms with E-state index in [1.807, 2.05) is 0 Å². The summed E-state index contributed by atoms with van der Waals surface area (Å²) in [4.78, 5) is 2.90. The van der Waals surface area contributed by atoms with Crippen molar-refractivity contribution in [3.8, 4) is 0 Å². The molecule has 0 aromatic carbocycles. The molecular formula is C15H28N2. The van der Waals surface area contributed by atoms with Gasteiger partial charge in [-0.3, -0.25) is 4.90 Å². The maximum absolute atomic E-state index is 3.49. The average Bonchev–Trinajstić information content (AvgIpc) is 2.74. The maximum atomic E-state index is 3.49. The molecule has 2 nitrogen and oxygen atoms in total. The Morgan fingerprint density at radius 3 is 2.41 bits per heavy atom. The zero-order valence-corrected chi connectivity index (χ0v) is 11.2. The fourth-order valence-corrected chi connectivity index (χ4v) is 4.43. The van der Waals surface area contributed by atoms with Crippen LogP contribution in [0, 0.1) is 5.92 Å². The molecule has 2 heteroatoms. The Bertz CT molecular complexity index is 239. The van der Waals surface area contributed by atoms with Crippen molar-refractivity contribution in [2.45, 2.75) is 63.3 Å². The summed E-state index contributed by atoms with van der Waals surface area (Å²) >= 11 is 0. The van der Waals surface area contributed by atoms with Crippen LogP contribution in [-0.2, 0) is 0 Å². The predicted molar refractivity (Wildman–Crippen MR) is 72.2 cm³/mol. The van der Waals surface area contributed by atoms with E-state index in [9.17, 15) is 0 Å². The molecule has 0 atom stereocenters. The average molecular weight is 236 g/mol. The molecule has 1 saturated carbocycles. The number of piperidine rings is 1. The molecule has 1 spiro atoms.